The van der Waals surface area contributed by atoms with Crippen LogP contribution in [-0.4, -0.2) is 9.38 Å². The summed E-state index contributed by atoms with van der Waals surface area (Å²) in [7, 11) is 0. The molecule has 3 rings (SSSR count). The maximum atomic E-state index is 6.02. The molecule has 0 bridgehead atoms. The topological polar surface area (TPSA) is 26.5 Å². The molecular weight excluding hydrogens is 292 g/mol. The molecule has 3 aromatic rings. The van der Waals surface area contributed by atoms with E-state index in [4.69, 9.17) is 16.3 Å². The maximum Gasteiger partial charge on any atom is 0.243 e. The Labute approximate surface area is 126 Å². The zero-order valence-electron chi connectivity index (χ0n) is 11.3. The first-order valence-electron chi connectivity index (χ1n) is 6.47. The summed E-state index contributed by atoms with van der Waals surface area (Å²) in [6.07, 6.45) is 1.96. The van der Waals surface area contributed by atoms with Gasteiger partial charge < -0.3 is 4.74 Å². The van der Waals surface area contributed by atoms with Gasteiger partial charge in [-0.3, -0.25) is 4.40 Å². The quantitative estimate of drug-likeness (QED) is 0.630. The van der Waals surface area contributed by atoms with Crippen molar-refractivity contribution in [3.63, 3.8) is 0 Å². The van der Waals surface area contributed by atoms with E-state index in [9.17, 15) is 0 Å². The van der Waals surface area contributed by atoms with Gasteiger partial charge in [0.1, 0.15) is 11.4 Å². The average Bonchev–Trinajstić information content (AvgIpc) is 2.99. The SMILES string of the molecule is CC(C)c1cccc(Oc2nc3sccn3c2CCl)c1. The van der Waals surface area contributed by atoms with Crippen molar-refractivity contribution in [1.29, 1.82) is 0 Å². The van der Waals surface area contributed by atoms with Crippen molar-refractivity contribution in [2.45, 2.75) is 25.6 Å². The molecule has 0 N–H and O–H groups in total. The molecule has 2 heterocycles. The Hall–Kier alpha value is -1.52. The summed E-state index contributed by atoms with van der Waals surface area (Å²) >= 11 is 7.59. The molecule has 2 aromatic heterocycles. The average molecular weight is 307 g/mol. The molecule has 0 aliphatic heterocycles. The molecule has 0 fully saturated rings. The molecule has 5 heteroatoms. The Bertz CT molecular complexity index is 732. The van der Waals surface area contributed by atoms with Crippen LogP contribution < -0.4 is 4.74 Å². The van der Waals surface area contributed by atoms with Crippen LogP contribution in [0.4, 0.5) is 0 Å². The highest BCUT2D eigenvalue weighted by Gasteiger charge is 2.14. The number of hydrogen-bond acceptors (Lipinski definition) is 3. The second-order valence-corrected chi connectivity index (χ2v) is 6.02. The number of rotatable bonds is 4. The van der Waals surface area contributed by atoms with Crippen LogP contribution in [0.5, 0.6) is 11.6 Å². The zero-order valence-corrected chi connectivity index (χ0v) is 12.9. The van der Waals surface area contributed by atoms with Crippen LogP contribution in [0.2, 0.25) is 0 Å². The van der Waals surface area contributed by atoms with Crippen LogP contribution >= 0.6 is 22.9 Å². The molecule has 0 saturated heterocycles. The summed E-state index contributed by atoms with van der Waals surface area (Å²) in [5.74, 6) is 2.23. The second-order valence-electron chi connectivity index (χ2n) is 4.88. The predicted molar refractivity (Wildman–Crippen MR) is 83.2 cm³/mol. The maximum absolute atomic E-state index is 6.02. The van der Waals surface area contributed by atoms with Crippen molar-refractivity contribution >= 4 is 27.9 Å². The van der Waals surface area contributed by atoms with Crippen LogP contribution in [0.15, 0.2) is 35.8 Å². The first kappa shape index (κ1) is 13.5. The van der Waals surface area contributed by atoms with Crippen molar-refractivity contribution in [3.05, 3.63) is 47.1 Å². The number of hydrogen-bond donors (Lipinski definition) is 0. The highest BCUT2D eigenvalue weighted by atomic mass is 35.5. The molecule has 0 unspecified atom stereocenters. The molecule has 20 heavy (non-hydrogen) atoms. The first-order valence-corrected chi connectivity index (χ1v) is 7.88. The fourth-order valence-electron chi connectivity index (χ4n) is 2.06. The van der Waals surface area contributed by atoms with Gasteiger partial charge in [0.25, 0.3) is 0 Å². The zero-order chi connectivity index (χ0) is 14.1. The number of aromatic nitrogens is 2. The third kappa shape index (κ3) is 2.41. The Balaban J connectivity index is 1.96. The molecule has 0 atom stereocenters. The molecule has 1 aromatic carbocycles. The van der Waals surface area contributed by atoms with Gasteiger partial charge in [-0.05, 0) is 23.6 Å². The number of imidazole rings is 1. The van der Waals surface area contributed by atoms with Crippen LogP contribution in [0.25, 0.3) is 4.96 Å². The van der Waals surface area contributed by atoms with E-state index in [1.54, 1.807) is 11.3 Å². The van der Waals surface area contributed by atoms with Gasteiger partial charge in [0.05, 0.1) is 5.88 Å². The van der Waals surface area contributed by atoms with Crippen LogP contribution in [0.1, 0.15) is 31.0 Å². The number of halogens is 1. The van der Waals surface area contributed by atoms with Crippen LogP contribution in [0, 0.1) is 0 Å². The lowest BCUT2D eigenvalue weighted by Crippen LogP contribution is -1.93. The number of alkyl halides is 1. The van der Waals surface area contributed by atoms with Gasteiger partial charge in [0.15, 0.2) is 4.96 Å². The lowest BCUT2D eigenvalue weighted by Gasteiger charge is -2.08. The normalized spacial score (nSPS) is 11.4. The molecule has 0 saturated carbocycles. The van der Waals surface area contributed by atoms with Crippen molar-refractivity contribution in [1.82, 2.24) is 9.38 Å². The summed E-state index contributed by atoms with van der Waals surface area (Å²) in [4.78, 5) is 5.39. The second kappa shape index (κ2) is 5.46. The summed E-state index contributed by atoms with van der Waals surface area (Å²) < 4.78 is 7.90. The lowest BCUT2D eigenvalue weighted by molar-refractivity contribution is 0.460. The monoisotopic (exact) mass is 306 g/mol. The van der Waals surface area contributed by atoms with Gasteiger partial charge in [-0.15, -0.1) is 22.9 Å². The summed E-state index contributed by atoms with van der Waals surface area (Å²) in [5.41, 5.74) is 2.13. The summed E-state index contributed by atoms with van der Waals surface area (Å²) in [5, 5.41) is 1.99. The number of thiazole rings is 1. The molecule has 0 aliphatic rings. The van der Waals surface area contributed by atoms with Gasteiger partial charge in [-0.25, -0.2) is 0 Å². The molecule has 0 radical (unpaired) electrons. The van der Waals surface area contributed by atoms with E-state index in [0.29, 0.717) is 17.7 Å². The molecule has 104 valence electrons. The first-order chi connectivity index (χ1) is 9.69. The van der Waals surface area contributed by atoms with Gasteiger partial charge in [-0.2, -0.15) is 4.98 Å². The van der Waals surface area contributed by atoms with Crippen LogP contribution in [0.3, 0.4) is 0 Å². The summed E-state index contributed by atoms with van der Waals surface area (Å²) in [6.45, 7) is 4.33. The number of fused-ring (bicyclic) bond motifs is 1. The molecule has 0 spiro atoms. The number of benzene rings is 1. The Morgan fingerprint density at radius 1 is 1.40 bits per heavy atom. The fraction of sp³-hybridized carbons (Fsp3) is 0.267. The smallest absolute Gasteiger partial charge is 0.243 e. The minimum Gasteiger partial charge on any atom is -0.437 e. The van der Waals surface area contributed by atoms with E-state index in [0.717, 1.165) is 16.4 Å². The van der Waals surface area contributed by atoms with Crippen LogP contribution in [-0.2, 0) is 5.88 Å². The Morgan fingerprint density at radius 2 is 2.25 bits per heavy atom. The van der Waals surface area contributed by atoms with Crippen molar-refractivity contribution in [2.75, 3.05) is 0 Å². The largest absolute Gasteiger partial charge is 0.437 e. The molecule has 3 nitrogen and oxygen atoms in total. The highest BCUT2D eigenvalue weighted by molar-refractivity contribution is 7.15. The van der Waals surface area contributed by atoms with Crippen molar-refractivity contribution in [3.8, 4) is 11.6 Å². The molecule has 0 amide bonds. The Kier molecular flexibility index (Phi) is 3.68. The third-order valence-electron chi connectivity index (χ3n) is 3.19. The van der Waals surface area contributed by atoms with E-state index in [-0.39, 0.29) is 0 Å². The van der Waals surface area contributed by atoms with Gasteiger partial charge in [0.2, 0.25) is 5.88 Å². The lowest BCUT2D eigenvalue weighted by atomic mass is 10.0. The van der Waals surface area contributed by atoms with E-state index in [1.807, 2.05) is 28.1 Å². The summed E-state index contributed by atoms with van der Waals surface area (Å²) in [6, 6.07) is 8.10. The fourth-order valence-corrected chi connectivity index (χ4v) is 3.03. The number of nitrogens with zero attached hydrogens (tertiary/aromatic N) is 2. The Morgan fingerprint density at radius 3 is 3.00 bits per heavy atom. The van der Waals surface area contributed by atoms with Gasteiger partial charge >= 0.3 is 0 Å². The third-order valence-corrected chi connectivity index (χ3v) is 4.20. The standard InChI is InChI=1S/C15H15ClN2OS/c1-10(2)11-4-3-5-12(8-11)19-14-13(9-16)18-6-7-20-15(18)17-14/h3-8,10H,9H2,1-2H3. The van der Waals surface area contributed by atoms with Gasteiger partial charge in [-0.1, -0.05) is 26.0 Å². The van der Waals surface area contributed by atoms with E-state index in [2.05, 4.69) is 31.0 Å². The van der Waals surface area contributed by atoms with Crippen molar-refractivity contribution in [2.24, 2.45) is 0 Å². The van der Waals surface area contributed by atoms with E-state index < -0.39 is 0 Å². The predicted octanol–water partition coefficient (Wildman–Crippen LogP) is 5.05. The molecule has 0 aliphatic carbocycles. The van der Waals surface area contributed by atoms with Crippen molar-refractivity contribution < 1.29 is 4.74 Å². The van der Waals surface area contributed by atoms with E-state index in [1.165, 1.54) is 5.56 Å². The molecular formula is C15H15ClN2OS. The van der Waals surface area contributed by atoms with Gasteiger partial charge in [0, 0.05) is 11.6 Å². The minimum absolute atomic E-state index is 0.372. The number of ether oxygens (including phenoxy) is 1. The highest BCUT2D eigenvalue weighted by Crippen LogP contribution is 2.30. The minimum atomic E-state index is 0.372. The van der Waals surface area contributed by atoms with E-state index >= 15 is 0 Å².